The molecule has 0 amide bonds. The van der Waals surface area contributed by atoms with Crippen molar-refractivity contribution in [2.75, 3.05) is 13.2 Å². The predicted molar refractivity (Wildman–Crippen MR) is 83.9 cm³/mol. The van der Waals surface area contributed by atoms with E-state index in [0.717, 1.165) is 25.7 Å². The first-order chi connectivity index (χ1) is 9.99. The summed E-state index contributed by atoms with van der Waals surface area (Å²) in [4.78, 5) is 24.3. The minimum atomic E-state index is -0.387. The van der Waals surface area contributed by atoms with Crippen molar-refractivity contribution in [2.24, 2.45) is 5.92 Å². The maximum Gasteiger partial charge on any atom is 0.334 e. The van der Waals surface area contributed by atoms with Crippen molar-refractivity contribution in [3.63, 3.8) is 0 Å². The largest absolute Gasteiger partial charge is 0.462 e. The number of hydrogen-bond acceptors (Lipinski definition) is 4. The van der Waals surface area contributed by atoms with E-state index >= 15 is 0 Å². The second-order valence-electron chi connectivity index (χ2n) is 5.38. The van der Waals surface area contributed by atoms with Gasteiger partial charge in [-0.25, -0.2) is 9.59 Å². The standard InChI is InChI=1S/C17H30O4/c1-6-9-11-20-16(18)14(8-3)15(13(4)5)17(19)21-12-10-7-2/h13H,6-12H2,1-5H3/b15-14-. The highest BCUT2D eigenvalue weighted by molar-refractivity contribution is 6.00. The van der Waals surface area contributed by atoms with E-state index in [4.69, 9.17) is 9.47 Å². The van der Waals surface area contributed by atoms with Gasteiger partial charge in [0, 0.05) is 5.57 Å². The first kappa shape index (κ1) is 19.7. The van der Waals surface area contributed by atoms with Gasteiger partial charge in [-0.15, -0.1) is 0 Å². The van der Waals surface area contributed by atoms with E-state index in [9.17, 15) is 9.59 Å². The topological polar surface area (TPSA) is 52.6 Å². The lowest BCUT2D eigenvalue weighted by Crippen LogP contribution is -2.20. The fourth-order valence-electron chi connectivity index (χ4n) is 1.94. The third kappa shape index (κ3) is 7.30. The zero-order valence-electron chi connectivity index (χ0n) is 14.2. The van der Waals surface area contributed by atoms with Crippen LogP contribution in [0, 0.1) is 5.92 Å². The van der Waals surface area contributed by atoms with Crippen LogP contribution in [-0.2, 0) is 19.1 Å². The molecule has 4 heteroatoms. The van der Waals surface area contributed by atoms with Crippen LogP contribution in [0.3, 0.4) is 0 Å². The summed E-state index contributed by atoms with van der Waals surface area (Å²) in [6, 6.07) is 0. The van der Waals surface area contributed by atoms with Gasteiger partial charge in [-0.3, -0.25) is 0 Å². The molecule has 21 heavy (non-hydrogen) atoms. The second kappa shape index (κ2) is 11.4. The summed E-state index contributed by atoms with van der Waals surface area (Å²) in [6.45, 7) is 10.5. The molecule has 4 nitrogen and oxygen atoms in total. The number of carbonyl (C=O) groups excluding carboxylic acids is 2. The molecule has 0 radical (unpaired) electrons. The first-order valence-electron chi connectivity index (χ1n) is 8.06. The Kier molecular flexibility index (Phi) is 10.6. The van der Waals surface area contributed by atoms with Crippen molar-refractivity contribution >= 4 is 11.9 Å². The molecule has 0 unspecified atom stereocenters. The normalized spacial score (nSPS) is 12.1. The minimum absolute atomic E-state index is 0.0622. The Bertz CT molecular complexity index is 356. The molecule has 0 aromatic rings. The summed E-state index contributed by atoms with van der Waals surface area (Å²) < 4.78 is 10.5. The molecule has 0 spiro atoms. The molecule has 0 aromatic heterocycles. The molecule has 0 aliphatic heterocycles. The zero-order chi connectivity index (χ0) is 16.3. The highest BCUT2D eigenvalue weighted by Crippen LogP contribution is 2.21. The van der Waals surface area contributed by atoms with Gasteiger partial charge < -0.3 is 9.47 Å². The van der Waals surface area contributed by atoms with Gasteiger partial charge in [0.1, 0.15) is 0 Å². The van der Waals surface area contributed by atoms with Gasteiger partial charge >= 0.3 is 11.9 Å². The summed E-state index contributed by atoms with van der Waals surface area (Å²) in [7, 11) is 0. The number of rotatable bonds is 10. The van der Waals surface area contributed by atoms with Gasteiger partial charge in [0.15, 0.2) is 0 Å². The van der Waals surface area contributed by atoms with E-state index in [-0.39, 0.29) is 17.9 Å². The Morgan fingerprint density at radius 2 is 1.33 bits per heavy atom. The minimum Gasteiger partial charge on any atom is -0.462 e. The molecule has 0 aliphatic rings. The highest BCUT2D eigenvalue weighted by Gasteiger charge is 2.24. The summed E-state index contributed by atoms with van der Waals surface area (Å²) >= 11 is 0. The van der Waals surface area contributed by atoms with Crippen LogP contribution in [0.15, 0.2) is 11.1 Å². The van der Waals surface area contributed by atoms with Crippen LogP contribution in [0.2, 0.25) is 0 Å². The van der Waals surface area contributed by atoms with Crippen molar-refractivity contribution in [2.45, 2.75) is 66.7 Å². The van der Waals surface area contributed by atoms with Crippen molar-refractivity contribution in [1.82, 2.24) is 0 Å². The molecular weight excluding hydrogens is 268 g/mol. The average molecular weight is 298 g/mol. The Balaban J connectivity index is 5.03. The lowest BCUT2D eigenvalue weighted by Gasteiger charge is -2.16. The smallest absolute Gasteiger partial charge is 0.334 e. The van der Waals surface area contributed by atoms with Crippen LogP contribution < -0.4 is 0 Å². The highest BCUT2D eigenvalue weighted by atomic mass is 16.5. The number of esters is 2. The molecule has 0 fully saturated rings. The van der Waals surface area contributed by atoms with E-state index in [1.165, 1.54) is 0 Å². The van der Waals surface area contributed by atoms with E-state index in [1.807, 2.05) is 34.6 Å². The maximum atomic E-state index is 12.2. The third-order valence-corrected chi connectivity index (χ3v) is 3.18. The molecule has 0 atom stereocenters. The first-order valence-corrected chi connectivity index (χ1v) is 8.06. The van der Waals surface area contributed by atoms with Gasteiger partial charge in [0.25, 0.3) is 0 Å². The van der Waals surface area contributed by atoms with Crippen LogP contribution in [0.1, 0.15) is 66.7 Å². The molecule has 0 aromatic carbocycles. The predicted octanol–water partition coefficient (Wildman–Crippen LogP) is 4.04. The number of carbonyl (C=O) groups is 2. The van der Waals surface area contributed by atoms with Gasteiger partial charge in [-0.1, -0.05) is 47.5 Å². The van der Waals surface area contributed by atoms with Crippen molar-refractivity contribution < 1.29 is 19.1 Å². The SMILES string of the molecule is CCCCOC(=O)/C(CC)=C(\C(=O)OCCCC)C(C)C. The summed E-state index contributed by atoms with van der Waals surface area (Å²) in [5, 5.41) is 0. The van der Waals surface area contributed by atoms with E-state index < -0.39 is 0 Å². The van der Waals surface area contributed by atoms with Crippen molar-refractivity contribution in [1.29, 1.82) is 0 Å². The van der Waals surface area contributed by atoms with Crippen LogP contribution in [0.4, 0.5) is 0 Å². The second-order valence-corrected chi connectivity index (χ2v) is 5.38. The Hall–Kier alpha value is -1.32. The Labute approximate surface area is 128 Å². The van der Waals surface area contributed by atoms with Crippen LogP contribution in [0.25, 0.3) is 0 Å². The summed E-state index contributed by atoms with van der Waals surface area (Å²) in [5.41, 5.74) is 0.901. The lowest BCUT2D eigenvalue weighted by atomic mass is 9.95. The lowest BCUT2D eigenvalue weighted by molar-refractivity contribution is -0.143. The third-order valence-electron chi connectivity index (χ3n) is 3.18. The van der Waals surface area contributed by atoms with Gasteiger partial charge in [0.2, 0.25) is 0 Å². The summed E-state index contributed by atoms with van der Waals surface area (Å²) in [5.74, 6) is -0.836. The van der Waals surface area contributed by atoms with Crippen LogP contribution >= 0.6 is 0 Å². The quantitative estimate of drug-likeness (QED) is 0.347. The average Bonchev–Trinajstić information content (AvgIpc) is 2.44. The zero-order valence-corrected chi connectivity index (χ0v) is 14.2. The Morgan fingerprint density at radius 1 is 0.857 bits per heavy atom. The summed E-state index contributed by atoms with van der Waals surface area (Å²) in [6.07, 6.45) is 4.07. The molecule has 0 rings (SSSR count). The van der Waals surface area contributed by atoms with E-state index in [2.05, 4.69) is 0 Å². The molecule has 0 saturated carbocycles. The van der Waals surface area contributed by atoms with Crippen LogP contribution in [-0.4, -0.2) is 25.2 Å². The van der Waals surface area contributed by atoms with Gasteiger partial charge in [0.05, 0.1) is 18.8 Å². The van der Waals surface area contributed by atoms with Crippen molar-refractivity contribution in [3.8, 4) is 0 Å². The number of ether oxygens (including phenoxy) is 2. The van der Waals surface area contributed by atoms with Crippen LogP contribution in [0.5, 0.6) is 0 Å². The monoisotopic (exact) mass is 298 g/mol. The molecule has 122 valence electrons. The molecule has 0 aliphatic carbocycles. The number of unbranched alkanes of at least 4 members (excludes halogenated alkanes) is 2. The Morgan fingerprint density at radius 3 is 1.71 bits per heavy atom. The fraction of sp³-hybridized carbons (Fsp3) is 0.765. The van der Waals surface area contributed by atoms with Crippen molar-refractivity contribution in [3.05, 3.63) is 11.1 Å². The van der Waals surface area contributed by atoms with E-state index in [0.29, 0.717) is 30.8 Å². The van der Waals surface area contributed by atoms with Gasteiger partial charge in [-0.05, 0) is 25.2 Å². The van der Waals surface area contributed by atoms with E-state index in [1.54, 1.807) is 0 Å². The molecule has 0 N–H and O–H groups in total. The molecular formula is C17H30O4. The van der Waals surface area contributed by atoms with Gasteiger partial charge in [-0.2, -0.15) is 0 Å². The fourth-order valence-corrected chi connectivity index (χ4v) is 1.94. The number of hydrogen-bond donors (Lipinski definition) is 0. The molecule has 0 heterocycles. The molecule has 0 bridgehead atoms. The maximum absolute atomic E-state index is 12.2. The molecule has 0 saturated heterocycles.